The zero-order valence-corrected chi connectivity index (χ0v) is 9.88. The Kier molecular flexibility index (Phi) is 4.24. The summed E-state index contributed by atoms with van der Waals surface area (Å²) in [6, 6.07) is 3.31. The first kappa shape index (κ1) is 12.1. The number of anilines is 1. The minimum Gasteiger partial charge on any atom is -0.505 e. The van der Waals surface area contributed by atoms with Gasteiger partial charge in [0, 0.05) is 17.1 Å². The normalized spacial score (nSPS) is 10.9. The molecule has 0 atom stereocenters. The van der Waals surface area contributed by atoms with Gasteiger partial charge in [0.1, 0.15) is 5.75 Å². The second-order valence-electron chi connectivity index (χ2n) is 3.46. The number of aromatic hydroxyl groups is 1. The van der Waals surface area contributed by atoms with Crippen LogP contribution in [0.1, 0.15) is 19.4 Å². The van der Waals surface area contributed by atoms with E-state index in [1.54, 1.807) is 12.1 Å². The Labute approximate surface area is 95.5 Å². The van der Waals surface area contributed by atoms with Crippen LogP contribution in [0.5, 0.6) is 5.75 Å². The van der Waals surface area contributed by atoms with Crippen LogP contribution >= 0.6 is 11.6 Å². The molecule has 0 amide bonds. The molecule has 0 aliphatic rings. The van der Waals surface area contributed by atoms with Gasteiger partial charge in [-0.15, -0.1) is 0 Å². The Hall–Kier alpha value is -0.930. The topological polar surface area (TPSA) is 49.5 Å². The number of benzene rings is 1. The van der Waals surface area contributed by atoms with Crippen LogP contribution in [-0.4, -0.2) is 23.1 Å². The van der Waals surface area contributed by atoms with E-state index in [-0.39, 0.29) is 5.75 Å². The maximum Gasteiger partial charge on any atom is 0.143 e. The van der Waals surface area contributed by atoms with E-state index < -0.39 is 0 Å². The molecule has 3 N–H and O–H groups in total. The summed E-state index contributed by atoms with van der Waals surface area (Å²) in [5.74, 6) is 0.145. The summed E-state index contributed by atoms with van der Waals surface area (Å²) in [6.07, 6.45) is 0. The Morgan fingerprint density at radius 3 is 2.47 bits per heavy atom. The molecule has 0 spiro atoms. The van der Waals surface area contributed by atoms with Crippen LogP contribution in [0.4, 0.5) is 5.69 Å². The number of nitrogens with two attached hydrogens (primary N) is 1. The van der Waals surface area contributed by atoms with Crippen LogP contribution in [-0.2, 0) is 6.54 Å². The Morgan fingerprint density at radius 1 is 1.33 bits per heavy atom. The van der Waals surface area contributed by atoms with Gasteiger partial charge >= 0.3 is 0 Å². The molecule has 0 fully saturated rings. The van der Waals surface area contributed by atoms with Crippen LogP contribution in [0.25, 0.3) is 0 Å². The van der Waals surface area contributed by atoms with Crippen LogP contribution in [0, 0.1) is 0 Å². The van der Waals surface area contributed by atoms with Crippen molar-refractivity contribution in [3.8, 4) is 5.75 Å². The lowest BCUT2D eigenvalue weighted by Crippen LogP contribution is -2.22. The maximum absolute atomic E-state index is 9.75. The molecular formula is C11H17ClN2O. The fourth-order valence-corrected chi connectivity index (χ4v) is 1.74. The van der Waals surface area contributed by atoms with Crippen molar-refractivity contribution in [3.63, 3.8) is 0 Å². The van der Waals surface area contributed by atoms with Crippen LogP contribution in [0.15, 0.2) is 12.1 Å². The van der Waals surface area contributed by atoms with E-state index >= 15 is 0 Å². The molecule has 0 aliphatic carbocycles. The van der Waals surface area contributed by atoms with E-state index in [0.29, 0.717) is 17.3 Å². The van der Waals surface area contributed by atoms with Crippen molar-refractivity contribution in [3.05, 3.63) is 22.7 Å². The number of nitrogens with zero attached hydrogens (tertiary/aromatic N) is 1. The highest BCUT2D eigenvalue weighted by Crippen LogP contribution is 2.29. The molecule has 1 aromatic carbocycles. The van der Waals surface area contributed by atoms with Gasteiger partial charge in [0.2, 0.25) is 0 Å². The SMILES string of the molecule is CCN(CC)Cc1cc(Cl)cc(N)c1O. The summed E-state index contributed by atoms with van der Waals surface area (Å²) in [6.45, 7) is 6.69. The zero-order valence-electron chi connectivity index (χ0n) is 9.13. The van der Waals surface area contributed by atoms with E-state index in [4.69, 9.17) is 17.3 Å². The number of hydrogen-bond donors (Lipinski definition) is 2. The summed E-state index contributed by atoms with van der Waals surface area (Å²) in [5.41, 5.74) is 6.75. The number of halogens is 1. The molecule has 4 heteroatoms. The zero-order chi connectivity index (χ0) is 11.4. The molecule has 0 heterocycles. The molecule has 0 radical (unpaired) electrons. The van der Waals surface area contributed by atoms with Crippen molar-refractivity contribution in [1.29, 1.82) is 0 Å². The molecule has 84 valence electrons. The average Bonchev–Trinajstić information content (AvgIpc) is 2.21. The average molecular weight is 229 g/mol. The van der Waals surface area contributed by atoms with E-state index in [0.717, 1.165) is 18.7 Å². The molecule has 0 bridgehead atoms. The first-order chi connectivity index (χ1) is 7.08. The Bertz CT molecular complexity index is 338. The summed E-state index contributed by atoms with van der Waals surface area (Å²) in [7, 11) is 0. The van der Waals surface area contributed by atoms with E-state index in [1.807, 2.05) is 0 Å². The molecular weight excluding hydrogens is 212 g/mol. The van der Waals surface area contributed by atoms with E-state index in [2.05, 4.69) is 18.7 Å². The highest BCUT2D eigenvalue weighted by atomic mass is 35.5. The van der Waals surface area contributed by atoms with Gasteiger partial charge in [-0.05, 0) is 25.2 Å². The van der Waals surface area contributed by atoms with Gasteiger partial charge in [0.15, 0.2) is 0 Å². The number of nitrogen functional groups attached to an aromatic ring is 1. The first-order valence-corrected chi connectivity index (χ1v) is 5.45. The quantitative estimate of drug-likeness (QED) is 0.615. The standard InChI is InChI=1S/C11H17ClN2O/c1-3-14(4-2)7-8-5-9(12)6-10(13)11(8)15/h5-6,15H,3-4,7,13H2,1-2H3. The summed E-state index contributed by atoms with van der Waals surface area (Å²) in [5, 5.41) is 10.3. The fraction of sp³-hybridized carbons (Fsp3) is 0.455. The van der Waals surface area contributed by atoms with Crippen molar-refractivity contribution >= 4 is 17.3 Å². The van der Waals surface area contributed by atoms with Crippen molar-refractivity contribution < 1.29 is 5.11 Å². The van der Waals surface area contributed by atoms with Crippen molar-refractivity contribution in [1.82, 2.24) is 4.90 Å². The van der Waals surface area contributed by atoms with Crippen LogP contribution in [0.3, 0.4) is 0 Å². The Morgan fingerprint density at radius 2 is 1.93 bits per heavy atom. The highest BCUT2D eigenvalue weighted by molar-refractivity contribution is 6.31. The lowest BCUT2D eigenvalue weighted by atomic mass is 10.1. The molecule has 0 aromatic heterocycles. The number of rotatable bonds is 4. The third-order valence-electron chi connectivity index (χ3n) is 2.47. The number of phenolic OH excluding ortho intramolecular Hbond substituents is 1. The van der Waals surface area contributed by atoms with Crippen LogP contribution in [0.2, 0.25) is 5.02 Å². The van der Waals surface area contributed by atoms with Gasteiger partial charge in [0.25, 0.3) is 0 Å². The molecule has 15 heavy (non-hydrogen) atoms. The minimum atomic E-state index is 0.145. The molecule has 0 aliphatic heterocycles. The van der Waals surface area contributed by atoms with E-state index in [1.165, 1.54) is 0 Å². The second kappa shape index (κ2) is 5.24. The smallest absolute Gasteiger partial charge is 0.143 e. The fourth-order valence-electron chi connectivity index (χ4n) is 1.49. The third-order valence-corrected chi connectivity index (χ3v) is 2.69. The predicted molar refractivity (Wildman–Crippen MR) is 64.2 cm³/mol. The third kappa shape index (κ3) is 3.01. The second-order valence-corrected chi connectivity index (χ2v) is 3.90. The van der Waals surface area contributed by atoms with Gasteiger partial charge in [-0.2, -0.15) is 0 Å². The first-order valence-electron chi connectivity index (χ1n) is 5.07. The van der Waals surface area contributed by atoms with Gasteiger partial charge in [-0.3, -0.25) is 4.90 Å². The monoisotopic (exact) mass is 228 g/mol. The summed E-state index contributed by atoms with van der Waals surface area (Å²) in [4.78, 5) is 2.19. The molecule has 1 rings (SSSR count). The molecule has 3 nitrogen and oxygen atoms in total. The lowest BCUT2D eigenvalue weighted by molar-refractivity contribution is 0.291. The van der Waals surface area contributed by atoms with Crippen LogP contribution < -0.4 is 5.73 Å². The number of hydrogen-bond acceptors (Lipinski definition) is 3. The molecule has 0 saturated carbocycles. The lowest BCUT2D eigenvalue weighted by Gasteiger charge is -2.19. The molecule has 1 aromatic rings. The Balaban J connectivity index is 2.93. The van der Waals surface area contributed by atoms with Crippen molar-refractivity contribution in [2.75, 3.05) is 18.8 Å². The minimum absolute atomic E-state index is 0.145. The summed E-state index contributed by atoms with van der Waals surface area (Å²) >= 11 is 5.88. The largest absolute Gasteiger partial charge is 0.505 e. The van der Waals surface area contributed by atoms with Gasteiger partial charge in [-0.1, -0.05) is 25.4 Å². The van der Waals surface area contributed by atoms with Gasteiger partial charge < -0.3 is 10.8 Å². The maximum atomic E-state index is 9.75. The molecule has 0 saturated heterocycles. The summed E-state index contributed by atoms with van der Waals surface area (Å²) < 4.78 is 0. The van der Waals surface area contributed by atoms with Gasteiger partial charge in [-0.25, -0.2) is 0 Å². The van der Waals surface area contributed by atoms with E-state index in [9.17, 15) is 5.11 Å². The number of phenols is 1. The predicted octanol–water partition coefficient (Wildman–Crippen LogP) is 2.47. The molecule has 0 unspecified atom stereocenters. The van der Waals surface area contributed by atoms with Crippen molar-refractivity contribution in [2.24, 2.45) is 0 Å². The van der Waals surface area contributed by atoms with Crippen molar-refractivity contribution in [2.45, 2.75) is 20.4 Å². The highest BCUT2D eigenvalue weighted by Gasteiger charge is 2.09. The van der Waals surface area contributed by atoms with Gasteiger partial charge in [0.05, 0.1) is 5.69 Å².